The lowest BCUT2D eigenvalue weighted by atomic mass is 10.1. The highest BCUT2D eigenvalue weighted by atomic mass is 127. The molecule has 1 aromatic carbocycles. The van der Waals surface area contributed by atoms with Crippen LogP contribution in [0.2, 0.25) is 0 Å². The van der Waals surface area contributed by atoms with Gasteiger partial charge in [-0.1, -0.05) is 12.1 Å². The predicted octanol–water partition coefficient (Wildman–Crippen LogP) is 2.52. The molecule has 1 heterocycles. The number of piperazine rings is 1. The number of halogens is 1. The number of nitrogens with zero attached hydrogens (tertiary/aromatic N) is 5. The molecule has 0 aromatic heterocycles. The summed E-state index contributed by atoms with van der Waals surface area (Å²) in [7, 11) is 8.17. The number of aliphatic imine (C=N–C) groups is 1. The van der Waals surface area contributed by atoms with E-state index in [0.29, 0.717) is 0 Å². The number of hydrogen-bond donors (Lipinski definition) is 0. The van der Waals surface area contributed by atoms with Crippen LogP contribution in [0.25, 0.3) is 0 Å². The summed E-state index contributed by atoms with van der Waals surface area (Å²) in [6.07, 6.45) is 0. The van der Waals surface area contributed by atoms with Gasteiger partial charge in [-0.3, -0.25) is 9.89 Å². The summed E-state index contributed by atoms with van der Waals surface area (Å²) < 4.78 is 0. The number of anilines is 1. The first-order valence-corrected chi connectivity index (χ1v) is 8.82. The molecule has 0 bridgehead atoms. The third-order valence-electron chi connectivity index (χ3n) is 4.76. The fourth-order valence-corrected chi connectivity index (χ4v) is 3.26. The van der Waals surface area contributed by atoms with Crippen LogP contribution >= 0.6 is 24.0 Å². The van der Waals surface area contributed by atoms with Gasteiger partial charge in [0.25, 0.3) is 0 Å². The first kappa shape index (κ1) is 22.0. The quantitative estimate of drug-likeness (QED) is 0.393. The summed E-state index contributed by atoms with van der Waals surface area (Å²) in [4.78, 5) is 13.9. The van der Waals surface area contributed by atoms with E-state index >= 15 is 0 Å². The highest BCUT2D eigenvalue weighted by molar-refractivity contribution is 14.0. The summed E-state index contributed by atoms with van der Waals surface area (Å²) in [5.41, 5.74) is 4.19. The van der Waals surface area contributed by atoms with E-state index in [1.807, 2.05) is 28.2 Å². The van der Waals surface area contributed by atoms with Gasteiger partial charge in [0.1, 0.15) is 0 Å². The van der Waals surface area contributed by atoms with E-state index < -0.39 is 0 Å². The van der Waals surface area contributed by atoms with Gasteiger partial charge in [-0.15, -0.1) is 24.0 Å². The van der Waals surface area contributed by atoms with E-state index in [2.05, 4.69) is 51.6 Å². The maximum Gasteiger partial charge on any atom is 0.195 e. The fourth-order valence-electron chi connectivity index (χ4n) is 3.26. The number of hydrogen-bond acceptors (Lipinski definition) is 3. The van der Waals surface area contributed by atoms with Gasteiger partial charge >= 0.3 is 0 Å². The summed E-state index contributed by atoms with van der Waals surface area (Å²) >= 11 is 0. The molecule has 2 rings (SSSR count). The van der Waals surface area contributed by atoms with E-state index in [0.717, 1.165) is 45.2 Å². The van der Waals surface area contributed by atoms with Crippen molar-refractivity contribution in [3.8, 4) is 0 Å². The molecule has 0 amide bonds. The van der Waals surface area contributed by atoms with Crippen molar-refractivity contribution >= 4 is 35.6 Å². The molecule has 6 heteroatoms. The molecule has 0 saturated carbocycles. The third-order valence-corrected chi connectivity index (χ3v) is 4.76. The summed E-state index contributed by atoms with van der Waals surface area (Å²) in [6.45, 7) is 10.7. The minimum Gasteiger partial charge on any atom is -0.369 e. The Morgan fingerprint density at radius 1 is 1.00 bits per heavy atom. The molecular weight excluding hydrogens is 425 g/mol. The van der Waals surface area contributed by atoms with Gasteiger partial charge in [-0.2, -0.15) is 0 Å². The number of rotatable bonds is 4. The van der Waals surface area contributed by atoms with Crippen molar-refractivity contribution in [3.63, 3.8) is 0 Å². The zero-order valence-corrected chi connectivity index (χ0v) is 18.9. The van der Waals surface area contributed by atoms with Gasteiger partial charge in [-0.05, 0) is 31.0 Å². The average molecular weight is 459 g/mol. The second kappa shape index (κ2) is 10.2. The van der Waals surface area contributed by atoms with Gasteiger partial charge in [0, 0.05) is 66.6 Å². The highest BCUT2D eigenvalue weighted by Gasteiger charge is 2.18. The first-order chi connectivity index (χ1) is 11.4. The number of benzene rings is 1. The molecule has 0 atom stereocenters. The van der Waals surface area contributed by atoms with E-state index in [4.69, 9.17) is 4.99 Å². The second-order valence-corrected chi connectivity index (χ2v) is 7.02. The lowest BCUT2D eigenvalue weighted by Gasteiger charge is -2.37. The molecule has 1 fully saturated rings. The van der Waals surface area contributed by atoms with Crippen LogP contribution in [-0.4, -0.2) is 88.1 Å². The zero-order valence-electron chi connectivity index (χ0n) is 16.6. The largest absolute Gasteiger partial charge is 0.369 e. The Bertz CT molecular complexity index is 553. The average Bonchev–Trinajstić information content (AvgIpc) is 2.54. The van der Waals surface area contributed by atoms with Crippen LogP contribution in [0.1, 0.15) is 11.1 Å². The third kappa shape index (κ3) is 6.02. The van der Waals surface area contributed by atoms with Gasteiger partial charge < -0.3 is 14.7 Å². The molecule has 1 aliphatic heterocycles. The van der Waals surface area contributed by atoms with Gasteiger partial charge in [0.05, 0.1) is 6.54 Å². The molecule has 0 radical (unpaired) electrons. The summed E-state index contributed by atoms with van der Waals surface area (Å²) in [5, 5.41) is 0. The lowest BCUT2D eigenvalue weighted by molar-refractivity contribution is 0.264. The molecule has 142 valence electrons. The molecule has 1 saturated heterocycles. The molecule has 25 heavy (non-hydrogen) atoms. The van der Waals surface area contributed by atoms with E-state index in [1.54, 1.807) is 0 Å². The Hall–Kier alpha value is -1.02. The van der Waals surface area contributed by atoms with Crippen LogP contribution in [0.3, 0.4) is 0 Å². The van der Waals surface area contributed by atoms with Crippen LogP contribution in [0.5, 0.6) is 0 Å². The standard InChI is InChI=1S/C19H33N5.HI/c1-16-8-7-9-18(17(16)2)24-14-12-23(13-15-24)11-10-20-19(21(3)4)22(5)6;/h7-9H,10-15H2,1-6H3;1H. The normalized spacial score (nSPS) is 14.7. The van der Waals surface area contributed by atoms with Gasteiger partial charge in [0.2, 0.25) is 0 Å². The second-order valence-electron chi connectivity index (χ2n) is 7.02. The smallest absolute Gasteiger partial charge is 0.195 e. The van der Waals surface area contributed by atoms with Crippen molar-refractivity contribution < 1.29 is 0 Å². The van der Waals surface area contributed by atoms with E-state index in [1.165, 1.54) is 16.8 Å². The minimum atomic E-state index is 0. The minimum absolute atomic E-state index is 0. The monoisotopic (exact) mass is 459 g/mol. The van der Waals surface area contributed by atoms with Crippen LogP contribution < -0.4 is 4.90 Å². The van der Waals surface area contributed by atoms with Crippen LogP contribution in [-0.2, 0) is 0 Å². The van der Waals surface area contributed by atoms with E-state index in [-0.39, 0.29) is 24.0 Å². The van der Waals surface area contributed by atoms with Crippen molar-refractivity contribution in [2.75, 3.05) is 72.4 Å². The van der Waals surface area contributed by atoms with Crippen molar-refractivity contribution in [2.45, 2.75) is 13.8 Å². The molecule has 0 N–H and O–H groups in total. The Morgan fingerprint density at radius 2 is 1.60 bits per heavy atom. The van der Waals surface area contributed by atoms with Crippen molar-refractivity contribution in [2.24, 2.45) is 4.99 Å². The Morgan fingerprint density at radius 3 is 2.16 bits per heavy atom. The Kier molecular flexibility index (Phi) is 8.99. The number of guanidine groups is 1. The lowest BCUT2D eigenvalue weighted by Crippen LogP contribution is -2.47. The van der Waals surface area contributed by atoms with Crippen molar-refractivity contribution in [3.05, 3.63) is 29.3 Å². The topological polar surface area (TPSA) is 25.3 Å². The fraction of sp³-hybridized carbons (Fsp3) is 0.632. The van der Waals surface area contributed by atoms with Crippen LogP contribution in [0.15, 0.2) is 23.2 Å². The molecule has 5 nitrogen and oxygen atoms in total. The molecule has 1 aromatic rings. The summed E-state index contributed by atoms with van der Waals surface area (Å²) in [6, 6.07) is 6.62. The van der Waals surface area contributed by atoms with Crippen molar-refractivity contribution in [1.82, 2.24) is 14.7 Å². The Balaban J connectivity index is 0.00000312. The highest BCUT2D eigenvalue weighted by Crippen LogP contribution is 2.23. The molecule has 0 unspecified atom stereocenters. The van der Waals surface area contributed by atoms with Gasteiger partial charge in [-0.25, -0.2) is 0 Å². The maximum absolute atomic E-state index is 4.73. The van der Waals surface area contributed by atoms with Gasteiger partial charge in [0.15, 0.2) is 5.96 Å². The van der Waals surface area contributed by atoms with E-state index in [9.17, 15) is 0 Å². The Labute approximate surface area is 170 Å². The van der Waals surface area contributed by atoms with Crippen LogP contribution in [0.4, 0.5) is 5.69 Å². The zero-order chi connectivity index (χ0) is 17.7. The number of aryl methyl sites for hydroxylation is 1. The molecule has 0 spiro atoms. The SMILES string of the molecule is Cc1cccc(N2CCN(CCN=C(N(C)C)N(C)C)CC2)c1C.I. The van der Waals surface area contributed by atoms with Crippen LogP contribution in [0, 0.1) is 13.8 Å². The summed E-state index contributed by atoms with van der Waals surface area (Å²) in [5.74, 6) is 1.03. The maximum atomic E-state index is 4.73. The predicted molar refractivity (Wildman–Crippen MR) is 120 cm³/mol. The van der Waals surface area contributed by atoms with Crippen molar-refractivity contribution in [1.29, 1.82) is 0 Å². The molecule has 0 aliphatic carbocycles. The molecular formula is C19H34IN5. The molecule has 1 aliphatic rings. The first-order valence-electron chi connectivity index (χ1n) is 8.82.